The van der Waals surface area contributed by atoms with Gasteiger partial charge in [0.15, 0.2) is 0 Å². The number of carbonyl (C=O) groups is 1. The fraction of sp³-hybridized carbons (Fsp3) is 0.500. The van der Waals surface area contributed by atoms with Crippen molar-refractivity contribution in [1.82, 2.24) is 15.5 Å². The number of benzene rings is 1. The number of urea groups is 1. The molecule has 5 nitrogen and oxygen atoms in total. The summed E-state index contributed by atoms with van der Waals surface area (Å²) in [4.78, 5) is 13.1. The van der Waals surface area contributed by atoms with E-state index in [1.165, 1.54) is 12.1 Å². The van der Waals surface area contributed by atoms with Gasteiger partial charge in [-0.1, -0.05) is 6.07 Å². The van der Waals surface area contributed by atoms with Crippen LogP contribution in [0.1, 0.15) is 18.5 Å². The van der Waals surface area contributed by atoms with Gasteiger partial charge in [-0.2, -0.15) is 0 Å². The smallest absolute Gasteiger partial charge is 0.317 e. The summed E-state index contributed by atoms with van der Waals surface area (Å²) in [6, 6.07) is 4.52. The summed E-state index contributed by atoms with van der Waals surface area (Å²) in [6.45, 7) is 4.18. The first kappa shape index (κ1) is 14.6. The number of hydrogen-bond donors (Lipinski definition) is 2. The van der Waals surface area contributed by atoms with E-state index < -0.39 is 0 Å². The summed E-state index contributed by atoms with van der Waals surface area (Å²) in [7, 11) is 1.84. The Morgan fingerprint density at radius 2 is 2.35 bits per heavy atom. The quantitative estimate of drug-likeness (QED) is 0.831. The van der Waals surface area contributed by atoms with Crippen LogP contribution in [0.15, 0.2) is 18.2 Å². The van der Waals surface area contributed by atoms with Crippen molar-refractivity contribution in [3.8, 4) is 5.75 Å². The fourth-order valence-electron chi connectivity index (χ4n) is 2.14. The third kappa shape index (κ3) is 3.39. The van der Waals surface area contributed by atoms with Crippen LogP contribution in [0.2, 0.25) is 0 Å². The minimum Gasteiger partial charge on any atom is -0.491 e. The van der Waals surface area contributed by atoms with Crippen LogP contribution in [0.5, 0.6) is 5.75 Å². The molecule has 0 spiro atoms. The Hall–Kier alpha value is -1.82. The summed E-state index contributed by atoms with van der Waals surface area (Å²) >= 11 is 0. The Morgan fingerprint density at radius 1 is 1.55 bits per heavy atom. The number of nitrogens with one attached hydrogen (secondary N) is 2. The third-order valence-electron chi connectivity index (χ3n) is 3.44. The molecule has 20 heavy (non-hydrogen) atoms. The summed E-state index contributed by atoms with van der Waals surface area (Å²) < 4.78 is 19.0. The number of amides is 2. The lowest BCUT2D eigenvalue weighted by molar-refractivity contribution is 0.202. The Morgan fingerprint density at radius 3 is 3.00 bits per heavy atom. The van der Waals surface area contributed by atoms with Crippen molar-refractivity contribution in [2.75, 3.05) is 33.3 Å². The van der Waals surface area contributed by atoms with Crippen LogP contribution in [-0.4, -0.2) is 44.2 Å². The van der Waals surface area contributed by atoms with Gasteiger partial charge in [0.05, 0.1) is 6.54 Å². The van der Waals surface area contributed by atoms with Gasteiger partial charge in [0.1, 0.15) is 18.2 Å². The molecule has 0 radical (unpaired) electrons. The first-order valence-electron chi connectivity index (χ1n) is 6.74. The standard InChI is InChI=1S/C14H20FN3O2/c1-10(16-2)12-4-3-11(15)9-13(12)20-8-7-18-6-5-17-14(18)19/h3-4,9-10,16H,5-8H2,1-2H3,(H,17,19). The Balaban J connectivity index is 1.97. The lowest BCUT2D eigenvalue weighted by atomic mass is 10.1. The largest absolute Gasteiger partial charge is 0.491 e. The van der Waals surface area contributed by atoms with Gasteiger partial charge in [-0.25, -0.2) is 9.18 Å². The van der Waals surface area contributed by atoms with Gasteiger partial charge >= 0.3 is 6.03 Å². The second kappa shape index (κ2) is 6.56. The molecule has 0 aliphatic carbocycles. The van der Waals surface area contributed by atoms with Crippen LogP contribution in [0, 0.1) is 5.82 Å². The van der Waals surface area contributed by atoms with E-state index >= 15 is 0 Å². The van der Waals surface area contributed by atoms with E-state index in [0.717, 1.165) is 5.56 Å². The summed E-state index contributed by atoms with van der Waals surface area (Å²) in [5, 5.41) is 5.83. The van der Waals surface area contributed by atoms with E-state index in [1.807, 2.05) is 14.0 Å². The molecule has 2 N–H and O–H groups in total. The van der Waals surface area contributed by atoms with E-state index in [4.69, 9.17) is 4.74 Å². The molecule has 1 aromatic rings. The average Bonchev–Trinajstić information content (AvgIpc) is 2.84. The summed E-state index contributed by atoms with van der Waals surface area (Å²) in [5.41, 5.74) is 0.903. The zero-order valence-electron chi connectivity index (χ0n) is 11.8. The molecule has 1 aliphatic heterocycles. The molecule has 1 unspecified atom stereocenters. The molecule has 0 aromatic heterocycles. The Labute approximate surface area is 118 Å². The van der Waals surface area contributed by atoms with Crippen LogP contribution in [0.25, 0.3) is 0 Å². The molecule has 1 heterocycles. The maximum atomic E-state index is 13.3. The van der Waals surface area contributed by atoms with E-state index in [9.17, 15) is 9.18 Å². The number of hydrogen-bond acceptors (Lipinski definition) is 3. The van der Waals surface area contributed by atoms with Crippen LogP contribution >= 0.6 is 0 Å². The fourth-order valence-corrected chi connectivity index (χ4v) is 2.14. The SMILES string of the molecule is CNC(C)c1ccc(F)cc1OCCN1CCNC1=O. The van der Waals surface area contributed by atoms with Crippen molar-refractivity contribution in [1.29, 1.82) is 0 Å². The van der Waals surface area contributed by atoms with Gasteiger partial charge in [0.2, 0.25) is 0 Å². The maximum Gasteiger partial charge on any atom is 0.317 e. The van der Waals surface area contributed by atoms with Gasteiger partial charge in [0, 0.05) is 30.8 Å². The summed E-state index contributed by atoms with van der Waals surface area (Å²) in [6.07, 6.45) is 0. The Kier molecular flexibility index (Phi) is 4.79. The van der Waals surface area contributed by atoms with Crippen molar-refractivity contribution in [3.63, 3.8) is 0 Å². The van der Waals surface area contributed by atoms with E-state index in [0.29, 0.717) is 32.0 Å². The molecule has 1 atom stereocenters. The first-order valence-corrected chi connectivity index (χ1v) is 6.74. The molecule has 1 saturated heterocycles. The molecule has 1 aromatic carbocycles. The lowest BCUT2D eigenvalue weighted by Gasteiger charge is -2.18. The predicted molar refractivity (Wildman–Crippen MR) is 74.3 cm³/mol. The van der Waals surface area contributed by atoms with E-state index in [2.05, 4.69) is 10.6 Å². The molecule has 0 saturated carbocycles. The minimum atomic E-state index is -0.328. The van der Waals surface area contributed by atoms with Crippen LogP contribution < -0.4 is 15.4 Å². The molecule has 110 valence electrons. The number of ether oxygens (including phenoxy) is 1. The number of nitrogens with zero attached hydrogens (tertiary/aromatic N) is 1. The van der Waals surface area contributed by atoms with Crippen LogP contribution in [0.4, 0.5) is 9.18 Å². The molecular weight excluding hydrogens is 261 g/mol. The highest BCUT2D eigenvalue weighted by Gasteiger charge is 2.19. The monoisotopic (exact) mass is 281 g/mol. The van der Waals surface area contributed by atoms with Crippen molar-refractivity contribution >= 4 is 6.03 Å². The van der Waals surface area contributed by atoms with Crippen molar-refractivity contribution in [2.24, 2.45) is 0 Å². The van der Waals surface area contributed by atoms with E-state index in [1.54, 1.807) is 11.0 Å². The molecule has 1 aliphatic rings. The molecule has 0 bridgehead atoms. The average molecular weight is 281 g/mol. The van der Waals surface area contributed by atoms with Crippen LogP contribution in [-0.2, 0) is 0 Å². The highest BCUT2D eigenvalue weighted by atomic mass is 19.1. The zero-order valence-corrected chi connectivity index (χ0v) is 11.8. The second-order valence-electron chi connectivity index (χ2n) is 4.76. The van der Waals surface area contributed by atoms with Gasteiger partial charge in [-0.3, -0.25) is 0 Å². The van der Waals surface area contributed by atoms with Crippen molar-refractivity contribution < 1.29 is 13.9 Å². The molecule has 2 amide bonds. The molecule has 2 rings (SSSR count). The zero-order chi connectivity index (χ0) is 14.5. The minimum absolute atomic E-state index is 0.0701. The predicted octanol–water partition coefficient (Wildman–Crippen LogP) is 1.51. The first-order chi connectivity index (χ1) is 9.61. The van der Waals surface area contributed by atoms with E-state index in [-0.39, 0.29) is 17.9 Å². The maximum absolute atomic E-state index is 13.3. The third-order valence-corrected chi connectivity index (χ3v) is 3.44. The number of halogens is 1. The van der Waals surface area contributed by atoms with Crippen LogP contribution in [0.3, 0.4) is 0 Å². The lowest BCUT2D eigenvalue weighted by Crippen LogP contribution is -2.32. The molecule has 1 fully saturated rings. The highest BCUT2D eigenvalue weighted by molar-refractivity contribution is 5.76. The topological polar surface area (TPSA) is 53.6 Å². The summed E-state index contributed by atoms with van der Waals surface area (Å²) in [5.74, 6) is 0.192. The van der Waals surface area contributed by atoms with Gasteiger partial charge in [-0.05, 0) is 20.0 Å². The number of rotatable bonds is 6. The normalized spacial score (nSPS) is 16.1. The molecule has 6 heteroatoms. The van der Waals surface area contributed by atoms with Crippen molar-refractivity contribution in [3.05, 3.63) is 29.6 Å². The van der Waals surface area contributed by atoms with Gasteiger partial charge in [-0.15, -0.1) is 0 Å². The van der Waals surface area contributed by atoms with Crippen molar-refractivity contribution in [2.45, 2.75) is 13.0 Å². The second-order valence-corrected chi connectivity index (χ2v) is 4.76. The Bertz CT molecular complexity index is 481. The highest BCUT2D eigenvalue weighted by Crippen LogP contribution is 2.25. The number of carbonyl (C=O) groups excluding carboxylic acids is 1. The molecular formula is C14H20FN3O2. The van der Waals surface area contributed by atoms with Gasteiger partial charge < -0.3 is 20.3 Å². The van der Waals surface area contributed by atoms with Gasteiger partial charge in [0.25, 0.3) is 0 Å².